The van der Waals surface area contributed by atoms with Gasteiger partial charge in [-0.2, -0.15) is 0 Å². The van der Waals surface area contributed by atoms with Gasteiger partial charge in [0.15, 0.2) is 0 Å². The fraction of sp³-hybridized carbons (Fsp3) is 0.250. The molecule has 90 valence electrons. The second kappa shape index (κ2) is 4.50. The van der Waals surface area contributed by atoms with Gasteiger partial charge in [-0.25, -0.2) is 13.8 Å². The van der Waals surface area contributed by atoms with Crippen molar-refractivity contribution in [3.63, 3.8) is 0 Å². The number of rotatable bonds is 3. The molecule has 0 aliphatic rings. The first-order chi connectivity index (χ1) is 7.97. The summed E-state index contributed by atoms with van der Waals surface area (Å²) in [6, 6.07) is 3.05. The molecule has 0 aliphatic carbocycles. The number of hydrogen-bond acceptors (Lipinski definition) is 3. The molecule has 1 aromatic heterocycles. The highest BCUT2D eigenvalue weighted by Gasteiger charge is 2.26. The summed E-state index contributed by atoms with van der Waals surface area (Å²) in [6.07, 6.45) is 1.86. The van der Waals surface area contributed by atoms with E-state index in [1.54, 1.807) is 11.6 Å². The quantitative estimate of drug-likeness (QED) is 0.914. The summed E-state index contributed by atoms with van der Waals surface area (Å²) >= 11 is 1.39. The van der Waals surface area contributed by atoms with Crippen LogP contribution in [0.4, 0.5) is 8.78 Å². The number of benzene rings is 1. The third-order valence-electron chi connectivity index (χ3n) is 2.46. The molecule has 1 N–H and O–H groups in total. The topological polar surface area (TPSA) is 33.1 Å². The molecule has 2 nitrogen and oxygen atoms in total. The van der Waals surface area contributed by atoms with Crippen LogP contribution >= 0.6 is 11.3 Å². The van der Waals surface area contributed by atoms with E-state index in [0.717, 1.165) is 23.2 Å². The highest BCUT2D eigenvalue weighted by molar-refractivity contribution is 7.09. The normalized spacial score (nSPS) is 14.6. The van der Waals surface area contributed by atoms with E-state index < -0.39 is 17.2 Å². The Hall–Kier alpha value is -1.33. The van der Waals surface area contributed by atoms with Crippen molar-refractivity contribution in [1.82, 2.24) is 4.98 Å². The van der Waals surface area contributed by atoms with Crippen molar-refractivity contribution >= 4 is 11.3 Å². The Bertz CT molecular complexity index is 491. The number of hydrogen-bond donors (Lipinski definition) is 1. The molecule has 1 aromatic carbocycles. The lowest BCUT2D eigenvalue weighted by Gasteiger charge is -2.22. The third-order valence-corrected chi connectivity index (χ3v) is 3.24. The highest BCUT2D eigenvalue weighted by atomic mass is 32.1. The zero-order chi connectivity index (χ0) is 12.5. The van der Waals surface area contributed by atoms with Gasteiger partial charge in [-0.1, -0.05) is 0 Å². The van der Waals surface area contributed by atoms with Gasteiger partial charge in [0.2, 0.25) is 0 Å². The summed E-state index contributed by atoms with van der Waals surface area (Å²) < 4.78 is 26.1. The Morgan fingerprint density at radius 1 is 1.29 bits per heavy atom. The standard InChI is InChI=1S/C12H11F2NOS/c1-12(16,7-11-15-2-3-17-11)8-4-9(13)6-10(14)5-8/h2-6,16H,7H2,1H3. The van der Waals surface area contributed by atoms with Crippen LogP contribution in [0.5, 0.6) is 0 Å². The van der Waals surface area contributed by atoms with E-state index in [1.807, 2.05) is 0 Å². The molecule has 0 saturated heterocycles. The van der Waals surface area contributed by atoms with E-state index in [1.165, 1.54) is 18.3 Å². The van der Waals surface area contributed by atoms with Gasteiger partial charge in [-0.3, -0.25) is 0 Å². The number of aromatic nitrogens is 1. The number of halogens is 2. The number of thiazole rings is 1. The summed E-state index contributed by atoms with van der Waals surface area (Å²) in [5.74, 6) is -1.39. The third kappa shape index (κ3) is 2.87. The SMILES string of the molecule is CC(O)(Cc1nccs1)c1cc(F)cc(F)c1. The van der Waals surface area contributed by atoms with E-state index in [2.05, 4.69) is 4.98 Å². The molecule has 0 saturated carbocycles. The lowest BCUT2D eigenvalue weighted by molar-refractivity contribution is 0.0568. The van der Waals surface area contributed by atoms with Gasteiger partial charge < -0.3 is 5.11 Å². The minimum Gasteiger partial charge on any atom is -0.385 e. The Kier molecular flexibility index (Phi) is 3.22. The van der Waals surface area contributed by atoms with Gasteiger partial charge in [-0.05, 0) is 24.6 Å². The van der Waals surface area contributed by atoms with Crippen LogP contribution in [0.15, 0.2) is 29.8 Å². The van der Waals surface area contributed by atoms with Crippen LogP contribution in [0.3, 0.4) is 0 Å². The molecular formula is C12H11F2NOS. The van der Waals surface area contributed by atoms with Crippen LogP contribution in [-0.4, -0.2) is 10.1 Å². The van der Waals surface area contributed by atoms with E-state index in [-0.39, 0.29) is 12.0 Å². The number of nitrogens with zero attached hydrogens (tertiary/aromatic N) is 1. The summed E-state index contributed by atoms with van der Waals surface area (Å²) in [4.78, 5) is 4.04. The second-order valence-electron chi connectivity index (χ2n) is 4.03. The Balaban J connectivity index is 2.30. The maximum absolute atomic E-state index is 13.1. The Morgan fingerprint density at radius 3 is 2.47 bits per heavy atom. The average Bonchev–Trinajstić information content (AvgIpc) is 2.68. The predicted octanol–water partition coefficient (Wildman–Crippen LogP) is 2.87. The van der Waals surface area contributed by atoms with Crippen LogP contribution in [-0.2, 0) is 12.0 Å². The summed E-state index contributed by atoms with van der Waals surface area (Å²) in [5.41, 5.74) is -1.12. The van der Waals surface area contributed by atoms with Gasteiger partial charge in [0.05, 0.1) is 10.6 Å². The molecule has 1 heterocycles. The molecule has 0 radical (unpaired) electrons. The lowest BCUT2D eigenvalue weighted by Crippen LogP contribution is -2.24. The molecule has 17 heavy (non-hydrogen) atoms. The summed E-state index contributed by atoms with van der Waals surface area (Å²) in [7, 11) is 0. The average molecular weight is 255 g/mol. The largest absolute Gasteiger partial charge is 0.385 e. The molecule has 0 aliphatic heterocycles. The molecule has 2 aromatic rings. The lowest BCUT2D eigenvalue weighted by atomic mass is 9.92. The van der Waals surface area contributed by atoms with Crippen molar-refractivity contribution in [3.05, 3.63) is 52.0 Å². The monoisotopic (exact) mass is 255 g/mol. The van der Waals surface area contributed by atoms with Crippen LogP contribution in [0.1, 0.15) is 17.5 Å². The molecule has 0 fully saturated rings. The molecule has 2 rings (SSSR count). The van der Waals surface area contributed by atoms with Crippen LogP contribution in [0, 0.1) is 11.6 Å². The molecule has 1 unspecified atom stereocenters. The Labute approximate surface area is 102 Å². The Morgan fingerprint density at radius 2 is 1.94 bits per heavy atom. The fourth-order valence-electron chi connectivity index (χ4n) is 1.60. The van der Waals surface area contributed by atoms with Gasteiger partial charge in [0, 0.05) is 24.1 Å². The first-order valence-electron chi connectivity index (χ1n) is 5.05. The second-order valence-corrected chi connectivity index (χ2v) is 5.01. The molecule has 0 amide bonds. The summed E-state index contributed by atoms with van der Waals surface area (Å²) in [5, 5.41) is 12.8. The molecular weight excluding hydrogens is 244 g/mol. The minimum atomic E-state index is -1.33. The molecule has 0 bridgehead atoms. The van der Waals surface area contributed by atoms with Crippen LogP contribution in [0.2, 0.25) is 0 Å². The molecule has 5 heteroatoms. The maximum Gasteiger partial charge on any atom is 0.126 e. The predicted molar refractivity (Wildman–Crippen MR) is 61.7 cm³/mol. The molecule has 1 atom stereocenters. The smallest absolute Gasteiger partial charge is 0.126 e. The van der Waals surface area contributed by atoms with Crippen LogP contribution < -0.4 is 0 Å². The first-order valence-corrected chi connectivity index (χ1v) is 5.93. The van der Waals surface area contributed by atoms with Crippen molar-refractivity contribution in [2.24, 2.45) is 0 Å². The van der Waals surface area contributed by atoms with Crippen molar-refractivity contribution < 1.29 is 13.9 Å². The first kappa shape index (κ1) is 12.1. The van der Waals surface area contributed by atoms with Gasteiger partial charge in [-0.15, -0.1) is 11.3 Å². The van der Waals surface area contributed by atoms with E-state index >= 15 is 0 Å². The van der Waals surface area contributed by atoms with Crippen molar-refractivity contribution in [3.8, 4) is 0 Å². The van der Waals surface area contributed by atoms with E-state index in [9.17, 15) is 13.9 Å². The van der Waals surface area contributed by atoms with Crippen molar-refractivity contribution in [1.29, 1.82) is 0 Å². The summed E-state index contributed by atoms with van der Waals surface area (Å²) in [6.45, 7) is 1.52. The highest BCUT2D eigenvalue weighted by Crippen LogP contribution is 2.27. The fourth-order valence-corrected chi connectivity index (χ4v) is 2.37. The van der Waals surface area contributed by atoms with Crippen LogP contribution in [0.25, 0.3) is 0 Å². The minimum absolute atomic E-state index is 0.213. The van der Waals surface area contributed by atoms with Crippen molar-refractivity contribution in [2.45, 2.75) is 18.9 Å². The van der Waals surface area contributed by atoms with E-state index in [4.69, 9.17) is 0 Å². The molecule has 0 spiro atoms. The van der Waals surface area contributed by atoms with Gasteiger partial charge >= 0.3 is 0 Å². The maximum atomic E-state index is 13.1. The number of aliphatic hydroxyl groups is 1. The van der Waals surface area contributed by atoms with Crippen molar-refractivity contribution in [2.75, 3.05) is 0 Å². The van der Waals surface area contributed by atoms with Gasteiger partial charge in [0.1, 0.15) is 11.6 Å². The zero-order valence-corrected chi connectivity index (χ0v) is 9.97. The van der Waals surface area contributed by atoms with E-state index in [0.29, 0.717) is 0 Å². The van der Waals surface area contributed by atoms with Gasteiger partial charge in [0.25, 0.3) is 0 Å². The zero-order valence-electron chi connectivity index (χ0n) is 9.15.